The molecule has 0 aromatic carbocycles. The van der Waals surface area contributed by atoms with Gasteiger partial charge >= 0.3 is 39.5 Å². The second kappa shape index (κ2) is 77.2. The van der Waals surface area contributed by atoms with Crippen molar-refractivity contribution < 1.29 is 80.2 Å². The van der Waals surface area contributed by atoms with E-state index < -0.39 is 97.5 Å². The van der Waals surface area contributed by atoms with Crippen LogP contribution in [0.5, 0.6) is 0 Å². The molecule has 0 aromatic rings. The van der Waals surface area contributed by atoms with Crippen LogP contribution in [0.4, 0.5) is 0 Å². The van der Waals surface area contributed by atoms with E-state index in [1.165, 1.54) is 283 Å². The summed E-state index contributed by atoms with van der Waals surface area (Å²) in [5, 5.41) is 10.7. The fraction of sp³-hybridized carbons (Fsp3) is 0.952. The highest BCUT2D eigenvalue weighted by atomic mass is 31.2. The van der Waals surface area contributed by atoms with Crippen LogP contribution in [-0.2, 0) is 65.4 Å². The minimum Gasteiger partial charge on any atom is -0.462 e. The number of hydrogen-bond acceptors (Lipinski definition) is 15. The molecule has 2 unspecified atom stereocenters. The zero-order chi connectivity index (χ0) is 74.6. The average Bonchev–Trinajstić information content (AvgIpc) is 0.943. The summed E-state index contributed by atoms with van der Waals surface area (Å²) >= 11 is 0. The van der Waals surface area contributed by atoms with E-state index in [1.54, 1.807) is 0 Å². The molecule has 0 spiro atoms. The number of aliphatic hydroxyl groups is 1. The van der Waals surface area contributed by atoms with Crippen LogP contribution in [0, 0.1) is 0 Å². The lowest BCUT2D eigenvalue weighted by Crippen LogP contribution is -2.30. The van der Waals surface area contributed by atoms with Gasteiger partial charge < -0.3 is 33.8 Å². The topological polar surface area (TPSA) is 237 Å². The van der Waals surface area contributed by atoms with Gasteiger partial charge in [-0.05, 0) is 25.7 Å². The van der Waals surface area contributed by atoms with Gasteiger partial charge in [-0.2, -0.15) is 0 Å². The molecule has 3 N–H and O–H groups in total. The SMILES string of the molecule is CCCCCCCCCCCCCCCCCCCC(=O)OC[C@H](COP(=O)(O)OC[C@H](O)COP(=O)(O)OC[C@@H](COC(=O)CCCCCCCCCCCCCCC)OC(=O)CCCCCCCCCCCCCCCCC)OC(=O)CCCCCCCCCCCCCCCCCCC. The molecule has 0 radical (unpaired) electrons. The molecule has 0 aliphatic heterocycles. The first-order valence-electron chi connectivity index (χ1n) is 43.3. The van der Waals surface area contributed by atoms with Crippen molar-refractivity contribution in [1.82, 2.24) is 0 Å². The first-order chi connectivity index (χ1) is 49.7. The van der Waals surface area contributed by atoms with Gasteiger partial charge in [0, 0.05) is 25.7 Å². The zero-order valence-corrected chi connectivity index (χ0v) is 68.4. The van der Waals surface area contributed by atoms with Gasteiger partial charge in [-0.3, -0.25) is 37.3 Å². The summed E-state index contributed by atoms with van der Waals surface area (Å²) in [7, 11) is -9.92. The number of unbranched alkanes of at least 4 members (excludes halogenated alkanes) is 58. The fourth-order valence-corrected chi connectivity index (χ4v) is 14.6. The van der Waals surface area contributed by atoms with E-state index in [9.17, 15) is 43.2 Å². The second-order valence-electron chi connectivity index (χ2n) is 29.9. The summed E-state index contributed by atoms with van der Waals surface area (Å²) < 4.78 is 68.8. The lowest BCUT2D eigenvalue weighted by Gasteiger charge is -2.21. The molecule has 0 aliphatic carbocycles. The number of rotatable bonds is 84. The maximum atomic E-state index is 13.1. The van der Waals surface area contributed by atoms with Crippen LogP contribution in [0.2, 0.25) is 0 Å². The molecule has 0 bridgehead atoms. The van der Waals surface area contributed by atoms with Crippen molar-refractivity contribution in [2.75, 3.05) is 39.6 Å². The standard InChI is InChI=1S/C83H162O17P2/c1-5-9-13-17-21-25-29-33-36-38-41-44-48-52-56-60-64-68-81(86)94-74-79(100-83(88)70-66-62-58-54-50-46-42-39-37-34-30-26-22-18-14-10-6-2)76-98-102(91,92)96-72-77(84)71-95-101(89,90)97-75-78(73-93-80(85)67-63-59-55-51-47-43-32-28-24-20-16-12-8-4)99-82(87)69-65-61-57-53-49-45-40-35-31-27-23-19-15-11-7-3/h77-79,84H,5-76H2,1-4H3,(H,89,90)(H,91,92)/t77-,78-,79-/m1/s1. The van der Waals surface area contributed by atoms with Crippen LogP contribution in [0.3, 0.4) is 0 Å². The Labute approximate surface area is 626 Å². The van der Waals surface area contributed by atoms with Gasteiger partial charge in [0.2, 0.25) is 0 Å². The van der Waals surface area contributed by atoms with Gasteiger partial charge in [0.1, 0.15) is 19.3 Å². The molecule has 5 atom stereocenters. The maximum Gasteiger partial charge on any atom is 0.472 e. The number of carbonyl (C=O) groups excluding carboxylic acids is 4. The minimum atomic E-state index is -4.96. The summed E-state index contributed by atoms with van der Waals surface area (Å²) in [6.07, 6.45) is 70.6. The van der Waals surface area contributed by atoms with Crippen molar-refractivity contribution in [3.8, 4) is 0 Å². The van der Waals surface area contributed by atoms with Crippen molar-refractivity contribution in [3.05, 3.63) is 0 Å². The lowest BCUT2D eigenvalue weighted by molar-refractivity contribution is -0.161. The largest absolute Gasteiger partial charge is 0.472 e. The summed E-state index contributed by atoms with van der Waals surface area (Å²) in [6, 6.07) is 0. The average molecular weight is 1490 g/mol. The molecule has 102 heavy (non-hydrogen) atoms. The Kier molecular flexibility index (Phi) is 75.8. The lowest BCUT2D eigenvalue weighted by atomic mass is 10.0. The highest BCUT2D eigenvalue weighted by Crippen LogP contribution is 2.45. The van der Waals surface area contributed by atoms with Crippen molar-refractivity contribution in [3.63, 3.8) is 0 Å². The van der Waals surface area contributed by atoms with Gasteiger partial charge in [0.05, 0.1) is 26.4 Å². The van der Waals surface area contributed by atoms with Crippen LogP contribution in [0.25, 0.3) is 0 Å². The Balaban J connectivity index is 5.26. The molecule has 19 heteroatoms. The van der Waals surface area contributed by atoms with Crippen molar-refractivity contribution >= 4 is 39.5 Å². The Morgan fingerprint density at radius 2 is 0.392 bits per heavy atom. The Hall–Kier alpha value is -1.94. The number of esters is 4. The Morgan fingerprint density at radius 3 is 0.578 bits per heavy atom. The smallest absolute Gasteiger partial charge is 0.462 e. The van der Waals surface area contributed by atoms with Gasteiger partial charge in [0.25, 0.3) is 0 Å². The van der Waals surface area contributed by atoms with Gasteiger partial charge in [-0.15, -0.1) is 0 Å². The monoisotopic (exact) mass is 1490 g/mol. The minimum absolute atomic E-state index is 0.109. The second-order valence-corrected chi connectivity index (χ2v) is 32.8. The third-order valence-corrected chi connectivity index (χ3v) is 21.5. The summed E-state index contributed by atoms with van der Waals surface area (Å²) in [4.78, 5) is 73.2. The molecule has 0 saturated carbocycles. The van der Waals surface area contributed by atoms with Crippen LogP contribution >= 0.6 is 15.6 Å². The first-order valence-corrected chi connectivity index (χ1v) is 46.3. The molecular weight excluding hydrogens is 1330 g/mol. The molecule has 606 valence electrons. The number of phosphoric acid groups is 2. The summed E-state index contributed by atoms with van der Waals surface area (Å²) in [5.41, 5.74) is 0. The van der Waals surface area contributed by atoms with Gasteiger partial charge in [-0.1, -0.05) is 400 Å². The van der Waals surface area contributed by atoms with Gasteiger partial charge in [-0.25, -0.2) is 9.13 Å². The van der Waals surface area contributed by atoms with Gasteiger partial charge in [0.15, 0.2) is 12.2 Å². The normalized spacial score (nSPS) is 13.8. The van der Waals surface area contributed by atoms with Crippen molar-refractivity contribution in [2.24, 2.45) is 0 Å². The predicted octanol–water partition coefficient (Wildman–Crippen LogP) is 25.4. The molecular formula is C83H162O17P2. The van der Waals surface area contributed by atoms with E-state index in [1.807, 2.05) is 0 Å². The predicted molar refractivity (Wildman–Crippen MR) is 419 cm³/mol. The number of phosphoric ester groups is 2. The van der Waals surface area contributed by atoms with Crippen LogP contribution in [0.1, 0.15) is 451 Å². The molecule has 0 amide bonds. The molecule has 0 aromatic heterocycles. The fourth-order valence-electron chi connectivity index (χ4n) is 13.0. The molecule has 0 heterocycles. The molecule has 0 saturated heterocycles. The number of aliphatic hydroxyl groups excluding tert-OH is 1. The van der Waals surface area contributed by atoms with E-state index in [2.05, 4.69) is 27.7 Å². The first kappa shape index (κ1) is 100. The zero-order valence-electron chi connectivity index (χ0n) is 66.6. The van der Waals surface area contributed by atoms with E-state index in [0.717, 1.165) is 89.9 Å². The molecule has 0 rings (SSSR count). The summed E-state index contributed by atoms with van der Waals surface area (Å²) in [5.74, 6) is -2.10. The maximum absolute atomic E-state index is 13.1. The van der Waals surface area contributed by atoms with Crippen molar-refractivity contribution in [1.29, 1.82) is 0 Å². The highest BCUT2D eigenvalue weighted by Gasteiger charge is 2.30. The molecule has 0 aliphatic rings. The molecule has 0 fully saturated rings. The third-order valence-electron chi connectivity index (χ3n) is 19.6. The summed E-state index contributed by atoms with van der Waals surface area (Å²) in [6.45, 7) is 5.06. The van der Waals surface area contributed by atoms with Crippen LogP contribution in [0.15, 0.2) is 0 Å². The number of ether oxygens (including phenoxy) is 4. The number of hydrogen-bond donors (Lipinski definition) is 3. The van der Waals surface area contributed by atoms with Crippen molar-refractivity contribution in [2.45, 2.75) is 470 Å². The van der Waals surface area contributed by atoms with E-state index in [-0.39, 0.29) is 25.7 Å². The quantitative estimate of drug-likeness (QED) is 0.0222. The molecule has 17 nitrogen and oxygen atoms in total. The number of carbonyl (C=O) groups is 4. The van der Waals surface area contributed by atoms with Crippen LogP contribution in [-0.4, -0.2) is 96.7 Å². The highest BCUT2D eigenvalue weighted by molar-refractivity contribution is 7.47. The van der Waals surface area contributed by atoms with E-state index in [0.29, 0.717) is 25.7 Å². The Morgan fingerprint density at radius 1 is 0.235 bits per heavy atom. The Bertz CT molecular complexity index is 1930. The third kappa shape index (κ3) is 76.3. The van der Waals surface area contributed by atoms with E-state index >= 15 is 0 Å². The van der Waals surface area contributed by atoms with E-state index in [4.69, 9.17) is 37.0 Å². The van der Waals surface area contributed by atoms with Crippen LogP contribution < -0.4 is 0 Å².